The van der Waals surface area contributed by atoms with Crippen LogP contribution in [-0.2, 0) is 0 Å². The van der Waals surface area contributed by atoms with E-state index in [1.54, 1.807) is 18.1 Å². The van der Waals surface area contributed by atoms with Gasteiger partial charge in [0.25, 0.3) is 0 Å². The fraction of sp³-hybridized carbons (Fsp3) is 0.0909. The van der Waals surface area contributed by atoms with Crippen molar-refractivity contribution in [3.8, 4) is 0 Å². The van der Waals surface area contributed by atoms with Crippen LogP contribution in [-0.4, -0.2) is 17.0 Å². The van der Waals surface area contributed by atoms with E-state index < -0.39 is 0 Å². The smallest absolute Gasteiger partial charge is 0.130 e. The topological polar surface area (TPSA) is 37.8 Å². The van der Waals surface area contributed by atoms with Gasteiger partial charge in [0.2, 0.25) is 0 Å². The summed E-state index contributed by atoms with van der Waals surface area (Å²) in [4.78, 5) is 9.44. The van der Waals surface area contributed by atoms with Gasteiger partial charge in [-0.25, -0.2) is 9.97 Å². The SMILES string of the molecule is CNc1cc(Sc2ccccc2)ncn1. The number of rotatable bonds is 3. The lowest BCUT2D eigenvalue weighted by molar-refractivity contribution is 1.05. The third-order valence-electron chi connectivity index (χ3n) is 1.86. The minimum Gasteiger partial charge on any atom is -0.373 e. The van der Waals surface area contributed by atoms with E-state index in [-0.39, 0.29) is 0 Å². The fourth-order valence-electron chi connectivity index (χ4n) is 1.14. The van der Waals surface area contributed by atoms with Crippen LogP contribution in [0.3, 0.4) is 0 Å². The van der Waals surface area contributed by atoms with E-state index in [1.807, 2.05) is 31.3 Å². The molecule has 0 fully saturated rings. The van der Waals surface area contributed by atoms with E-state index in [9.17, 15) is 0 Å². The molecule has 0 radical (unpaired) electrons. The van der Waals surface area contributed by atoms with Crippen molar-refractivity contribution in [3.63, 3.8) is 0 Å². The van der Waals surface area contributed by atoms with Crippen molar-refractivity contribution in [3.05, 3.63) is 42.7 Å². The zero-order valence-corrected chi connectivity index (χ0v) is 9.16. The van der Waals surface area contributed by atoms with Gasteiger partial charge in [-0.15, -0.1) is 0 Å². The molecule has 0 saturated heterocycles. The van der Waals surface area contributed by atoms with E-state index in [2.05, 4.69) is 27.4 Å². The summed E-state index contributed by atoms with van der Waals surface area (Å²) >= 11 is 1.63. The standard InChI is InChI=1S/C11H11N3S/c1-12-10-7-11(14-8-13-10)15-9-5-3-2-4-6-9/h2-8H,1H3,(H,12,13,14). The molecule has 1 aromatic heterocycles. The number of hydrogen-bond acceptors (Lipinski definition) is 4. The predicted octanol–water partition coefficient (Wildman–Crippen LogP) is 2.67. The largest absolute Gasteiger partial charge is 0.373 e. The van der Waals surface area contributed by atoms with Crippen molar-refractivity contribution in [2.45, 2.75) is 9.92 Å². The molecule has 1 N–H and O–H groups in total. The summed E-state index contributed by atoms with van der Waals surface area (Å²) in [5.74, 6) is 0.837. The maximum atomic E-state index is 4.19. The lowest BCUT2D eigenvalue weighted by Gasteiger charge is -2.02. The molecule has 0 atom stereocenters. The van der Waals surface area contributed by atoms with Gasteiger partial charge in [-0.1, -0.05) is 30.0 Å². The second-order valence-corrected chi connectivity index (χ2v) is 4.00. The molecule has 3 nitrogen and oxygen atoms in total. The molecule has 0 saturated carbocycles. The van der Waals surface area contributed by atoms with Crippen molar-refractivity contribution >= 4 is 17.6 Å². The maximum absolute atomic E-state index is 4.19. The van der Waals surface area contributed by atoms with E-state index in [0.29, 0.717) is 0 Å². The van der Waals surface area contributed by atoms with E-state index in [0.717, 1.165) is 10.8 Å². The lowest BCUT2D eigenvalue weighted by atomic mass is 10.4. The molecule has 1 heterocycles. The Morgan fingerprint density at radius 2 is 1.93 bits per heavy atom. The first-order valence-electron chi connectivity index (χ1n) is 4.61. The molecule has 15 heavy (non-hydrogen) atoms. The average Bonchev–Trinajstić information content (AvgIpc) is 2.31. The monoisotopic (exact) mass is 217 g/mol. The predicted molar refractivity (Wildman–Crippen MR) is 62.1 cm³/mol. The van der Waals surface area contributed by atoms with Crippen LogP contribution in [0.5, 0.6) is 0 Å². The number of hydrogen-bond donors (Lipinski definition) is 1. The quantitative estimate of drug-likeness (QED) is 0.802. The molecule has 0 aliphatic carbocycles. The van der Waals surface area contributed by atoms with Gasteiger partial charge in [-0.3, -0.25) is 0 Å². The number of aromatic nitrogens is 2. The van der Waals surface area contributed by atoms with Crippen LogP contribution >= 0.6 is 11.8 Å². The summed E-state index contributed by atoms with van der Waals surface area (Å²) in [6.45, 7) is 0. The Morgan fingerprint density at radius 1 is 1.13 bits per heavy atom. The molecule has 0 spiro atoms. The Bertz CT molecular complexity index is 431. The van der Waals surface area contributed by atoms with Gasteiger partial charge in [0.05, 0.1) is 0 Å². The second-order valence-electron chi connectivity index (χ2n) is 2.91. The third-order valence-corrected chi connectivity index (χ3v) is 2.80. The van der Waals surface area contributed by atoms with E-state index in [4.69, 9.17) is 0 Å². The molecule has 0 unspecified atom stereocenters. The van der Waals surface area contributed by atoms with Gasteiger partial charge in [-0.05, 0) is 12.1 Å². The minimum atomic E-state index is 0.837. The Morgan fingerprint density at radius 3 is 2.67 bits per heavy atom. The number of nitrogens with one attached hydrogen (secondary N) is 1. The van der Waals surface area contributed by atoms with Crippen LogP contribution in [0.2, 0.25) is 0 Å². The van der Waals surface area contributed by atoms with Crippen molar-refractivity contribution in [2.75, 3.05) is 12.4 Å². The number of benzene rings is 1. The fourth-order valence-corrected chi connectivity index (χ4v) is 1.95. The molecular weight excluding hydrogens is 206 g/mol. The Balaban J connectivity index is 2.17. The number of anilines is 1. The molecule has 2 aromatic rings. The minimum absolute atomic E-state index is 0.837. The lowest BCUT2D eigenvalue weighted by Crippen LogP contribution is -1.93. The Kier molecular flexibility index (Phi) is 3.19. The van der Waals surface area contributed by atoms with Crippen LogP contribution in [0.15, 0.2) is 52.6 Å². The summed E-state index contributed by atoms with van der Waals surface area (Å²) < 4.78 is 0. The van der Waals surface area contributed by atoms with Gasteiger partial charge in [0.1, 0.15) is 17.2 Å². The van der Waals surface area contributed by atoms with Gasteiger partial charge in [0, 0.05) is 18.0 Å². The highest BCUT2D eigenvalue weighted by atomic mass is 32.2. The van der Waals surface area contributed by atoms with Crippen LogP contribution in [0.1, 0.15) is 0 Å². The highest BCUT2D eigenvalue weighted by Gasteiger charge is 1.99. The molecule has 0 bridgehead atoms. The molecule has 76 valence electrons. The van der Waals surface area contributed by atoms with E-state index in [1.165, 1.54) is 4.90 Å². The molecular formula is C11H11N3S. The van der Waals surface area contributed by atoms with Gasteiger partial charge < -0.3 is 5.32 Å². The van der Waals surface area contributed by atoms with Gasteiger partial charge in [-0.2, -0.15) is 0 Å². The summed E-state index contributed by atoms with van der Waals surface area (Å²) in [6.07, 6.45) is 1.57. The number of nitrogens with zero attached hydrogens (tertiary/aromatic N) is 2. The van der Waals surface area contributed by atoms with Gasteiger partial charge >= 0.3 is 0 Å². The average molecular weight is 217 g/mol. The highest BCUT2D eigenvalue weighted by Crippen LogP contribution is 2.25. The first-order valence-corrected chi connectivity index (χ1v) is 5.43. The molecule has 0 aliphatic heterocycles. The Hall–Kier alpha value is -1.55. The zero-order chi connectivity index (χ0) is 10.5. The van der Waals surface area contributed by atoms with Crippen LogP contribution in [0.4, 0.5) is 5.82 Å². The van der Waals surface area contributed by atoms with Crippen molar-refractivity contribution < 1.29 is 0 Å². The molecule has 2 rings (SSSR count). The summed E-state index contributed by atoms with van der Waals surface area (Å²) in [5.41, 5.74) is 0. The van der Waals surface area contributed by atoms with Crippen molar-refractivity contribution in [2.24, 2.45) is 0 Å². The molecule has 0 aliphatic rings. The Labute approximate surface area is 93.0 Å². The van der Waals surface area contributed by atoms with Crippen LogP contribution < -0.4 is 5.32 Å². The normalized spacial score (nSPS) is 9.93. The first-order chi connectivity index (χ1) is 7.38. The third kappa shape index (κ3) is 2.70. The zero-order valence-electron chi connectivity index (χ0n) is 8.34. The van der Waals surface area contributed by atoms with Crippen molar-refractivity contribution in [1.29, 1.82) is 0 Å². The maximum Gasteiger partial charge on any atom is 0.130 e. The summed E-state index contributed by atoms with van der Waals surface area (Å²) in [5, 5.41) is 3.93. The van der Waals surface area contributed by atoms with Gasteiger partial charge in [0.15, 0.2) is 0 Å². The van der Waals surface area contributed by atoms with Crippen LogP contribution in [0.25, 0.3) is 0 Å². The van der Waals surface area contributed by atoms with E-state index >= 15 is 0 Å². The summed E-state index contributed by atoms with van der Waals surface area (Å²) in [6, 6.07) is 12.1. The second kappa shape index (κ2) is 4.79. The molecule has 1 aromatic carbocycles. The molecule has 4 heteroatoms. The van der Waals surface area contributed by atoms with Crippen molar-refractivity contribution in [1.82, 2.24) is 9.97 Å². The van der Waals surface area contributed by atoms with Crippen LogP contribution in [0, 0.1) is 0 Å². The summed E-state index contributed by atoms with van der Waals surface area (Å²) in [7, 11) is 1.85. The highest BCUT2D eigenvalue weighted by molar-refractivity contribution is 7.99. The first kappa shape index (κ1) is 9.98. The molecule has 0 amide bonds.